The van der Waals surface area contributed by atoms with Crippen LogP contribution < -0.4 is 11.1 Å². The number of nitrogen functional groups attached to an aromatic ring is 1. The normalized spacial score (nSPS) is 16.1. The lowest BCUT2D eigenvalue weighted by atomic mass is 9.96. The molecule has 1 aliphatic rings. The van der Waals surface area contributed by atoms with Gasteiger partial charge in [-0.05, 0) is 83.1 Å². The van der Waals surface area contributed by atoms with Crippen molar-refractivity contribution in [2.45, 2.75) is 18.9 Å². The fourth-order valence-corrected chi connectivity index (χ4v) is 5.02. The van der Waals surface area contributed by atoms with Gasteiger partial charge in [-0.1, -0.05) is 30.3 Å². The molecule has 8 heteroatoms. The number of anilines is 1. The average Bonchev–Trinajstić information content (AvgIpc) is 3.67. The van der Waals surface area contributed by atoms with Crippen molar-refractivity contribution in [2.24, 2.45) is 5.92 Å². The van der Waals surface area contributed by atoms with Crippen LogP contribution in [0.5, 0.6) is 0 Å². The molecule has 0 saturated heterocycles. The molecule has 3 aromatic carbocycles. The Kier molecular flexibility index (Phi) is 6.51. The number of hydrogen-bond donors (Lipinski definition) is 2. The van der Waals surface area contributed by atoms with Crippen molar-refractivity contribution < 1.29 is 23.1 Å². The number of nitrogens with one attached hydrogen (secondary N) is 1. The van der Waals surface area contributed by atoms with Crippen LogP contribution in [0.1, 0.15) is 34.0 Å². The number of esters is 1. The Morgan fingerprint density at radius 3 is 2.45 bits per heavy atom. The zero-order chi connectivity index (χ0) is 27.8. The fourth-order valence-electron chi connectivity index (χ4n) is 5.02. The van der Waals surface area contributed by atoms with Gasteiger partial charge in [-0.2, -0.15) is 0 Å². The molecule has 0 spiro atoms. The maximum absolute atomic E-state index is 13.7. The van der Waals surface area contributed by atoms with Gasteiger partial charge in [-0.3, -0.25) is 4.79 Å². The Bertz CT molecular complexity index is 1710. The summed E-state index contributed by atoms with van der Waals surface area (Å²) < 4.78 is 24.7. The first-order chi connectivity index (χ1) is 19.4. The number of rotatable bonds is 7. The molecule has 40 heavy (non-hydrogen) atoms. The lowest BCUT2D eigenvalue weighted by Crippen LogP contribution is -2.24. The molecule has 1 amide bonds. The Balaban J connectivity index is 1.27. The number of nitrogens with zero attached hydrogens (tertiary/aromatic N) is 1. The number of methoxy groups -OCH3 is 1. The molecule has 200 valence electrons. The summed E-state index contributed by atoms with van der Waals surface area (Å²) in [5, 5.41) is 3.84. The summed E-state index contributed by atoms with van der Waals surface area (Å²) in [6.45, 7) is 0.239. The predicted octanol–water partition coefficient (Wildman–Crippen LogP) is 6.09. The molecule has 3 N–H and O–H groups in total. The summed E-state index contributed by atoms with van der Waals surface area (Å²) in [5.74, 6) is 0.329. The molecule has 1 fully saturated rings. The highest BCUT2D eigenvalue weighted by atomic mass is 19.1. The van der Waals surface area contributed by atoms with Crippen molar-refractivity contribution in [1.29, 1.82) is 0 Å². The van der Waals surface area contributed by atoms with Crippen LogP contribution in [0.2, 0.25) is 0 Å². The first-order valence-corrected chi connectivity index (χ1v) is 12.9. The van der Waals surface area contributed by atoms with Gasteiger partial charge in [-0.25, -0.2) is 14.2 Å². The minimum absolute atomic E-state index is 0.0348. The van der Waals surface area contributed by atoms with Gasteiger partial charge in [0.05, 0.1) is 19.2 Å². The number of aromatic nitrogens is 1. The van der Waals surface area contributed by atoms with Gasteiger partial charge in [0.15, 0.2) is 0 Å². The third kappa shape index (κ3) is 5.03. The SMILES string of the molecule is COC(=O)c1ccc(-c2cc(-c3ccc(F)cc3)c3oc(CNC(=O)[C@H]4C[C@@H]4c4ccc(N)nc4)cc3c2)cc1. The Morgan fingerprint density at radius 2 is 1.75 bits per heavy atom. The van der Waals surface area contributed by atoms with Gasteiger partial charge in [0.2, 0.25) is 5.91 Å². The number of benzene rings is 3. The second-order valence-corrected chi connectivity index (χ2v) is 9.91. The second-order valence-electron chi connectivity index (χ2n) is 9.91. The molecule has 6 rings (SSSR count). The monoisotopic (exact) mass is 535 g/mol. The highest BCUT2D eigenvalue weighted by Gasteiger charge is 2.44. The fraction of sp³-hybridized carbons (Fsp3) is 0.156. The summed E-state index contributed by atoms with van der Waals surface area (Å²) in [5.41, 5.74) is 11.2. The Hall–Kier alpha value is -4.98. The lowest BCUT2D eigenvalue weighted by molar-refractivity contribution is -0.122. The number of pyridine rings is 1. The van der Waals surface area contributed by atoms with Crippen molar-refractivity contribution >= 4 is 28.7 Å². The van der Waals surface area contributed by atoms with Crippen LogP contribution in [-0.2, 0) is 16.1 Å². The van der Waals surface area contributed by atoms with E-state index in [1.165, 1.54) is 19.2 Å². The van der Waals surface area contributed by atoms with E-state index in [1.54, 1.807) is 36.5 Å². The third-order valence-corrected chi connectivity index (χ3v) is 7.26. The van der Waals surface area contributed by atoms with Gasteiger partial charge in [-0.15, -0.1) is 0 Å². The van der Waals surface area contributed by atoms with Gasteiger partial charge in [0.1, 0.15) is 23.0 Å². The summed E-state index contributed by atoms with van der Waals surface area (Å²) in [7, 11) is 1.35. The van der Waals surface area contributed by atoms with Gasteiger partial charge >= 0.3 is 5.97 Å². The number of halogens is 1. The molecule has 2 atom stereocenters. The zero-order valence-electron chi connectivity index (χ0n) is 21.7. The van der Waals surface area contributed by atoms with Gasteiger partial charge in [0, 0.05) is 23.1 Å². The van der Waals surface area contributed by atoms with Crippen molar-refractivity contribution in [2.75, 3.05) is 12.8 Å². The van der Waals surface area contributed by atoms with E-state index in [0.717, 1.165) is 39.6 Å². The van der Waals surface area contributed by atoms with Gasteiger partial charge in [0.25, 0.3) is 0 Å². The van der Waals surface area contributed by atoms with E-state index < -0.39 is 5.97 Å². The molecule has 0 aliphatic heterocycles. The van der Waals surface area contributed by atoms with Gasteiger partial charge < -0.3 is 20.2 Å². The molecule has 7 nitrogen and oxygen atoms in total. The van der Waals surface area contributed by atoms with Crippen LogP contribution in [0, 0.1) is 11.7 Å². The lowest BCUT2D eigenvalue weighted by Gasteiger charge is -2.09. The molecule has 1 saturated carbocycles. The number of amides is 1. The van der Waals surface area contributed by atoms with Crippen LogP contribution in [0.4, 0.5) is 10.2 Å². The molecule has 1 aliphatic carbocycles. The van der Waals surface area contributed by atoms with E-state index in [-0.39, 0.29) is 30.1 Å². The maximum Gasteiger partial charge on any atom is 0.337 e. The topological polar surface area (TPSA) is 107 Å². The Labute approximate surface area is 229 Å². The smallest absolute Gasteiger partial charge is 0.337 e. The molecule has 2 aromatic heterocycles. The predicted molar refractivity (Wildman–Crippen MR) is 150 cm³/mol. The second kappa shape index (κ2) is 10.3. The average molecular weight is 536 g/mol. The van der Waals surface area contributed by atoms with Crippen LogP contribution in [0.25, 0.3) is 33.2 Å². The number of hydrogen-bond acceptors (Lipinski definition) is 6. The summed E-state index contributed by atoms with van der Waals surface area (Å²) in [4.78, 5) is 28.8. The molecule has 0 unspecified atom stereocenters. The largest absolute Gasteiger partial charge is 0.465 e. The van der Waals surface area contributed by atoms with Crippen LogP contribution in [0.3, 0.4) is 0 Å². The van der Waals surface area contributed by atoms with E-state index in [1.807, 2.05) is 36.4 Å². The van der Waals surface area contributed by atoms with E-state index in [0.29, 0.717) is 22.7 Å². The van der Waals surface area contributed by atoms with Crippen LogP contribution in [-0.4, -0.2) is 24.0 Å². The number of ether oxygens (including phenoxy) is 1. The minimum atomic E-state index is -0.404. The highest BCUT2D eigenvalue weighted by Crippen LogP contribution is 2.47. The van der Waals surface area contributed by atoms with Crippen molar-refractivity contribution in [3.63, 3.8) is 0 Å². The number of fused-ring (bicyclic) bond motifs is 1. The highest BCUT2D eigenvalue weighted by molar-refractivity contribution is 5.97. The van der Waals surface area contributed by atoms with Crippen molar-refractivity contribution in [3.8, 4) is 22.3 Å². The first-order valence-electron chi connectivity index (χ1n) is 12.9. The summed E-state index contributed by atoms with van der Waals surface area (Å²) >= 11 is 0. The van der Waals surface area contributed by atoms with Crippen LogP contribution in [0.15, 0.2) is 89.5 Å². The molecule has 0 radical (unpaired) electrons. The minimum Gasteiger partial charge on any atom is -0.465 e. The molecular formula is C32H26FN3O4. The standard InChI is InChI=1S/C32H26FN3O4/c1-39-32(38)20-4-2-18(3-5-20)22-12-23-13-25(40-30(23)27(14-22)19-6-9-24(33)10-7-19)17-36-31(37)28-15-26(28)21-8-11-29(34)35-16-21/h2-14,16,26,28H,15,17H2,1H3,(H2,34,35)(H,36,37)/t26-,28+/m1/s1. The van der Waals surface area contributed by atoms with E-state index >= 15 is 0 Å². The van der Waals surface area contributed by atoms with E-state index in [4.69, 9.17) is 14.9 Å². The number of furan rings is 1. The first kappa shape index (κ1) is 25.3. The Morgan fingerprint density at radius 1 is 1.00 bits per heavy atom. The molecule has 2 heterocycles. The molecule has 0 bridgehead atoms. The maximum atomic E-state index is 13.7. The zero-order valence-corrected chi connectivity index (χ0v) is 21.7. The quantitative estimate of drug-likeness (QED) is 0.244. The number of carbonyl (C=O) groups excluding carboxylic acids is 2. The van der Waals surface area contributed by atoms with Crippen LogP contribution >= 0.6 is 0 Å². The number of carbonyl (C=O) groups is 2. The van der Waals surface area contributed by atoms with Crippen molar-refractivity contribution in [3.05, 3.63) is 108 Å². The van der Waals surface area contributed by atoms with Crippen molar-refractivity contribution in [1.82, 2.24) is 10.3 Å². The number of nitrogens with two attached hydrogens (primary N) is 1. The third-order valence-electron chi connectivity index (χ3n) is 7.26. The summed E-state index contributed by atoms with van der Waals surface area (Å²) in [6.07, 6.45) is 2.49. The van der Waals surface area contributed by atoms with E-state index in [9.17, 15) is 14.0 Å². The molecule has 5 aromatic rings. The molecular weight excluding hydrogens is 509 g/mol. The van der Waals surface area contributed by atoms with E-state index in [2.05, 4.69) is 10.3 Å². The summed E-state index contributed by atoms with van der Waals surface area (Å²) in [6, 6.07) is 22.9.